The van der Waals surface area contributed by atoms with Crippen LogP contribution in [0, 0.1) is 11.8 Å². The van der Waals surface area contributed by atoms with E-state index in [4.69, 9.17) is 4.98 Å². The Hall–Kier alpha value is -2.61. The molecular formula is C22H24F3N5. The third-order valence-corrected chi connectivity index (χ3v) is 6.61. The minimum absolute atomic E-state index is 0.339. The Morgan fingerprint density at radius 1 is 1.03 bits per heavy atom. The summed E-state index contributed by atoms with van der Waals surface area (Å²) in [7, 11) is 2.03. The highest BCUT2D eigenvalue weighted by molar-refractivity contribution is 5.75. The Morgan fingerprint density at radius 2 is 1.87 bits per heavy atom. The lowest BCUT2D eigenvalue weighted by atomic mass is 9.98. The maximum atomic E-state index is 13.0. The summed E-state index contributed by atoms with van der Waals surface area (Å²) in [4.78, 5) is 10.6. The highest BCUT2D eigenvalue weighted by atomic mass is 19.4. The molecule has 2 aliphatic rings. The smallest absolute Gasteiger partial charge is 0.356 e. The molecule has 5 rings (SSSR count). The van der Waals surface area contributed by atoms with Gasteiger partial charge in [0.05, 0.1) is 17.6 Å². The summed E-state index contributed by atoms with van der Waals surface area (Å²) in [6.45, 7) is 2.18. The van der Waals surface area contributed by atoms with Gasteiger partial charge in [0.25, 0.3) is 0 Å². The van der Waals surface area contributed by atoms with Crippen LogP contribution in [0.15, 0.2) is 42.5 Å². The first kappa shape index (κ1) is 19.4. The molecule has 1 aliphatic carbocycles. The lowest BCUT2D eigenvalue weighted by Gasteiger charge is -2.23. The molecule has 158 valence electrons. The molecule has 3 atom stereocenters. The molecule has 0 radical (unpaired) electrons. The number of fused-ring (bicyclic) bond motifs is 2. The highest BCUT2D eigenvalue weighted by Crippen LogP contribution is 2.40. The van der Waals surface area contributed by atoms with Crippen LogP contribution in [0.1, 0.15) is 24.4 Å². The molecule has 30 heavy (non-hydrogen) atoms. The van der Waals surface area contributed by atoms with Crippen molar-refractivity contribution >= 4 is 16.9 Å². The van der Waals surface area contributed by atoms with E-state index < -0.39 is 11.9 Å². The van der Waals surface area contributed by atoms with Crippen molar-refractivity contribution in [3.63, 3.8) is 0 Å². The van der Waals surface area contributed by atoms with Crippen LogP contribution in [0.25, 0.3) is 11.0 Å². The van der Waals surface area contributed by atoms with Crippen LogP contribution in [-0.2, 0) is 19.8 Å². The molecule has 1 N–H and O–H groups in total. The standard InChI is InChI=1S/C22H24F3N5/c1-29-18-6-3-2-5-17(18)27-21(29)11-26-16-10-9-14-12-30(13-15(14)16)20-8-4-7-19(28-20)22(23,24)25/h2-8,14-16,26H,9-13H2,1H3. The highest BCUT2D eigenvalue weighted by Gasteiger charge is 2.43. The minimum atomic E-state index is -4.42. The first-order chi connectivity index (χ1) is 14.4. The minimum Gasteiger partial charge on any atom is -0.356 e. The topological polar surface area (TPSA) is 46.0 Å². The predicted molar refractivity (Wildman–Crippen MR) is 109 cm³/mol. The molecule has 3 unspecified atom stereocenters. The Kier molecular flexibility index (Phi) is 4.69. The lowest BCUT2D eigenvalue weighted by Crippen LogP contribution is -2.36. The SMILES string of the molecule is Cn1c(CNC2CCC3CN(c4cccc(C(F)(F)F)n4)CC32)nc2ccccc21. The van der Waals surface area contributed by atoms with Crippen molar-refractivity contribution in [3.05, 3.63) is 54.0 Å². The van der Waals surface area contributed by atoms with Gasteiger partial charge < -0.3 is 14.8 Å². The summed E-state index contributed by atoms with van der Waals surface area (Å²) in [6, 6.07) is 12.6. The summed E-state index contributed by atoms with van der Waals surface area (Å²) in [6.07, 6.45) is -2.25. The fourth-order valence-corrected chi connectivity index (χ4v) is 5.04. The number of hydrogen-bond acceptors (Lipinski definition) is 4. The number of pyridine rings is 1. The Labute approximate surface area is 172 Å². The zero-order chi connectivity index (χ0) is 20.9. The fraction of sp³-hybridized carbons (Fsp3) is 0.455. The van der Waals surface area contributed by atoms with Crippen molar-refractivity contribution in [3.8, 4) is 0 Å². The van der Waals surface area contributed by atoms with E-state index in [2.05, 4.69) is 20.9 Å². The van der Waals surface area contributed by atoms with Crippen molar-refractivity contribution in [2.45, 2.75) is 31.6 Å². The summed E-state index contributed by atoms with van der Waals surface area (Å²) in [5.74, 6) is 2.32. The van der Waals surface area contributed by atoms with Gasteiger partial charge in [-0.15, -0.1) is 0 Å². The molecule has 2 aromatic heterocycles. The summed E-state index contributed by atoms with van der Waals surface area (Å²) in [5.41, 5.74) is 1.28. The van der Waals surface area contributed by atoms with Crippen LogP contribution < -0.4 is 10.2 Å². The third-order valence-electron chi connectivity index (χ3n) is 6.61. The zero-order valence-electron chi connectivity index (χ0n) is 16.7. The number of imidazole rings is 1. The van der Waals surface area contributed by atoms with Gasteiger partial charge in [-0.2, -0.15) is 13.2 Å². The molecule has 8 heteroatoms. The molecular weight excluding hydrogens is 391 g/mol. The van der Waals surface area contributed by atoms with Gasteiger partial charge in [0.15, 0.2) is 0 Å². The second-order valence-electron chi connectivity index (χ2n) is 8.35. The number of benzene rings is 1. The van der Waals surface area contributed by atoms with Gasteiger partial charge in [0, 0.05) is 26.2 Å². The molecule has 2 fully saturated rings. The third kappa shape index (κ3) is 3.43. The summed E-state index contributed by atoms with van der Waals surface area (Å²) >= 11 is 0. The van der Waals surface area contributed by atoms with Crippen LogP contribution in [0.2, 0.25) is 0 Å². The first-order valence-corrected chi connectivity index (χ1v) is 10.3. The molecule has 3 heterocycles. The van der Waals surface area contributed by atoms with E-state index in [1.165, 1.54) is 6.07 Å². The van der Waals surface area contributed by atoms with Crippen molar-refractivity contribution in [2.75, 3.05) is 18.0 Å². The number of para-hydroxylation sites is 2. The number of nitrogens with one attached hydrogen (secondary N) is 1. The molecule has 5 nitrogen and oxygen atoms in total. The van der Waals surface area contributed by atoms with Gasteiger partial charge in [-0.05, 0) is 48.9 Å². The molecule has 0 spiro atoms. The van der Waals surface area contributed by atoms with Crippen molar-refractivity contribution in [1.82, 2.24) is 19.9 Å². The lowest BCUT2D eigenvalue weighted by molar-refractivity contribution is -0.141. The Bertz CT molecular complexity index is 1060. The number of anilines is 1. The van der Waals surface area contributed by atoms with Crippen molar-refractivity contribution < 1.29 is 13.2 Å². The average molecular weight is 415 g/mol. The van der Waals surface area contributed by atoms with Crippen LogP contribution in [0.3, 0.4) is 0 Å². The van der Waals surface area contributed by atoms with E-state index in [-0.39, 0.29) is 0 Å². The number of halogens is 3. The van der Waals surface area contributed by atoms with Crippen molar-refractivity contribution in [2.24, 2.45) is 18.9 Å². The van der Waals surface area contributed by atoms with Crippen LogP contribution in [-0.4, -0.2) is 33.7 Å². The molecule has 0 bridgehead atoms. The van der Waals surface area contributed by atoms with E-state index in [1.54, 1.807) is 6.07 Å². The van der Waals surface area contributed by atoms with Crippen LogP contribution >= 0.6 is 0 Å². The average Bonchev–Trinajstić information content (AvgIpc) is 3.40. The second kappa shape index (κ2) is 7.27. The molecule has 1 aliphatic heterocycles. The van der Waals surface area contributed by atoms with E-state index in [1.807, 2.05) is 30.1 Å². The first-order valence-electron chi connectivity index (χ1n) is 10.3. The maximum absolute atomic E-state index is 13.0. The van der Waals surface area contributed by atoms with Gasteiger partial charge >= 0.3 is 6.18 Å². The zero-order valence-corrected chi connectivity index (χ0v) is 16.7. The normalized spacial score (nSPS) is 24.0. The van der Waals surface area contributed by atoms with Crippen molar-refractivity contribution in [1.29, 1.82) is 0 Å². The molecule has 1 saturated carbocycles. The number of hydrogen-bond donors (Lipinski definition) is 1. The van der Waals surface area contributed by atoms with Crippen LogP contribution in [0.4, 0.5) is 19.0 Å². The van der Waals surface area contributed by atoms with Gasteiger partial charge in [-0.3, -0.25) is 0 Å². The number of nitrogens with zero attached hydrogens (tertiary/aromatic N) is 4. The Morgan fingerprint density at radius 3 is 2.67 bits per heavy atom. The quantitative estimate of drug-likeness (QED) is 0.700. The van der Waals surface area contributed by atoms with Gasteiger partial charge in [0.2, 0.25) is 0 Å². The summed E-state index contributed by atoms with van der Waals surface area (Å²) in [5, 5.41) is 3.67. The fourth-order valence-electron chi connectivity index (χ4n) is 5.04. The largest absolute Gasteiger partial charge is 0.433 e. The van der Waals surface area contributed by atoms with Gasteiger partial charge in [0.1, 0.15) is 17.3 Å². The number of aromatic nitrogens is 3. The van der Waals surface area contributed by atoms with E-state index in [9.17, 15) is 13.2 Å². The number of rotatable bonds is 4. The number of alkyl halides is 3. The predicted octanol–water partition coefficient (Wildman–Crippen LogP) is 3.99. The van der Waals surface area contributed by atoms with Gasteiger partial charge in [-0.25, -0.2) is 9.97 Å². The van der Waals surface area contributed by atoms with E-state index in [0.29, 0.717) is 30.2 Å². The molecule has 3 aromatic rings. The monoisotopic (exact) mass is 415 g/mol. The maximum Gasteiger partial charge on any atom is 0.433 e. The van der Waals surface area contributed by atoms with E-state index in [0.717, 1.165) is 48.9 Å². The summed E-state index contributed by atoms with van der Waals surface area (Å²) < 4.78 is 41.2. The van der Waals surface area contributed by atoms with E-state index >= 15 is 0 Å². The molecule has 1 saturated heterocycles. The molecule has 1 aromatic carbocycles. The van der Waals surface area contributed by atoms with Gasteiger partial charge in [-0.1, -0.05) is 18.2 Å². The molecule has 0 amide bonds. The van der Waals surface area contributed by atoms with Crippen LogP contribution in [0.5, 0.6) is 0 Å². The second-order valence-corrected chi connectivity index (χ2v) is 8.35. The number of aryl methyl sites for hydroxylation is 1. The Balaban J connectivity index is 1.27.